The smallest absolute Gasteiger partial charge is 0.325 e. The molecular formula is C15H21ClN2O2. The molecule has 5 heteroatoms. The Morgan fingerprint density at radius 2 is 2.25 bits per heavy atom. The molecule has 1 N–H and O–H groups in total. The van der Waals surface area contributed by atoms with E-state index in [0.29, 0.717) is 5.02 Å². The van der Waals surface area contributed by atoms with Crippen LogP contribution in [0.15, 0.2) is 24.3 Å². The first-order valence-electron chi connectivity index (χ1n) is 6.99. The summed E-state index contributed by atoms with van der Waals surface area (Å²) in [6, 6.07) is 6.75. The van der Waals surface area contributed by atoms with Gasteiger partial charge in [0.1, 0.15) is 6.04 Å². The number of carbonyl (C=O) groups is 1. The van der Waals surface area contributed by atoms with E-state index in [1.165, 1.54) is 0 Å². The Balaban J connectivity index is 2.23. The fraction of sp³-hybridized carbons (Fsp3) is 0.533. The number of carboxylic acids is 1. The SMILES string of the molecule is CCN1CCN(C(C(=O)O)c2cccc(Cl)c2)C(C)C1. The Bertz CT molecular complexity index is 481. The molecule has 1 aromatic rings. The summed E-state index contributed by atoms with van der Waals surface area (Å²) in [5, 5.41) is 10.2. The monoisotopic (exact) mass is 296 g/mol. The quantitative estimate of drug-likeness (QED) is 0.927. The molecule has 2 rings (SSSR count). The molecule has 20 heavy (non-hydrogen) atoms. The summed E-state index contributed by atoms with van der Waals surface area (Å²) in [5.74, 6) is -0.816. The molecule has 1 heterocycles. The van der Waals surface area contributed by atoms with Crippen LogP contribution in [0.25, 0.3) is 0 Å². The van der Waals surface area contributed by atoms with Crippen molar-refractivity contribution in [3.8, 4) is 0 Å². The van der Waals surface area contributed by atoms with Crippen molar-refractivity contribution < 1.29 is 9.90 Å². The highest BCUT2D eigenvalue weighted by molar-refractivity contribution is 6.30. The average Bonchev–Trinajstić information content (AvgIpc) is 2.40. The first-order valence-corrected chi connectivity index (χ1v) is 7.37. The first-order chi connectivity index (χ1) is 9.52. The van der Waals surface area contributed by atoms with Crippen LogP contribution < -0.4 is 0 Å². The van der Waals surface area contributed by atoms with Crippen molar-refractivity contribution in [3.63, 3.8) is 0 Å². The maximum absolute atomic E-state index is 11.7. The van der Waals surface area contributed by atoms with Crippen molar-refractivity contribution in [1.29, 1.82) is 0 Å². The third-order valence-electron chi connectivity index (χ3n) is 3.94. The molecule has 1 aliphatic rings. The summed E-state index contributed by atoms with van der Waals surface area (Å²) in [5.41, 5.74) is 0.752. The van der Waals surface area contributed by atoms with Gasteiger partial charge in [-0.2, -0.15) is 0 Å². The number of nitrogens with zero attached hydrogens (tertiary/aromatic N) is 2. The molecular weight excluding hydrogens is 276 g/mol. The van der Waals surface area contributed by atoms with Gasteiger partial charge in [-0.15, -0.1) is 0 Å². The Morgan fingerprint density at radius 1 is 1.50 bits per heavy atom. The Labute approximate surface area is 124 Å². The number of hydrogen-bond acceptors (Lipinski definition) is 3. The minimum atomic E-state index is -0.816. The van der Waals surface area contributed by atoms with Crippen molar-refractivity contribution >= 4 is 17.6 Å². The molecule has 1 aliphatic heterocycles. The zero-order chi connectivity index (χ0) is 14.7. The van der Waals surface area contributed by atoms with Crippen LogP contribution in [0.4, 0.5) is 0 Å². The molecule has 1 aromatic carbocycles. The van der Waals surface area contributed by atoms with Gasteiger partial charge in [0.05, 0.1) is 0 Å². The summed E-state index contributed by atoms with van der Waals surface area (Å²) in [4.78, 5) is 16.1. The summed E-state index contributed by atoms with van der Waals surface area (Å²) < 4.78 is 0. The minimum Gasteiger partial charge on any atom is -0.480 e. The summed E-state index contributed by atoms with van der Waals surface area (Å²) in [7, 11) is 0. The Morgan fingerprint density at radius 3 is 2.80 bits per heavy atom. The molecule has 1 fully saturated rings. The predicted octanol–water partition coefficient (Wildman–Crippen LogP) is 2.49. The van der Waals surface area contributed by atoms with Gasteiger partial charge in [0.25, 0.3) is 0 Å². The number of likely N-dealkylation sites (N-methyl/N-ethyl adjacent to an activating group) is 1. The van der Waals surface area contributed by atoms with Gasteiger partial charge >= 0.3 is 5.97 Å². The van der Waals surface area contributed by atoms with E-state index in [2.05, 4.69) is 23.6 Å². The largest absolute Gasteiger partial charge is 0.480 e. The molecule has 0 amide bonds. The highest BCUT2D eigenvalue weighted by Gasteiger charge is 2.34. The number of halogens is 1. The summed E-state index contributed by atoms with van der Waals surface area (Å²) in [6.07, 6.45) is 0. The number of benzene rings is 1. The fourth-order valence-corrected chi connectivity index (χ4v) is 3.07. The number of aliphatic carboxylic acids is 1. The van der Waals surface area contributed by atoms with E-state index in [4.69, 9.17) is 11.6 Å². The maximum Gasteiger partial charge on any atom is 0.325 e. The normalized spacial score (nSPS) is 22.6. The third kappa shape index (κ3) is 3.32. The molecule has 0 aromatic heterocycles. The van der Waals surface area contributed by atoms with Crippen LogP contribution in [0.3, 0.4) is 0 Å². The van der Waals surface area contributed by atoms with Crippen molar-refractivity contribution in [2.45, 2.75) is 25.9 Å². The number of piperazine rings is 1. The van der Waals surface area contributed by atoms with E-state index in [0.717, 1.165) is 31.7 Å². The predicted molar refractivity (Wildman–Crippen MR) is 80.1 cm³/mol. The van der Waals surface area contributed by atoms with Gasteiger partial charge in [-0.25, -0.2) is 0 Å². The lowest BCUT2D eigenvalue weighted by Crippen LogP contribution is -2.54. The highest BCUT2D eigenvalue weighted by Crippen LogP contribution is 2.27. The standard InChI is InChI=1S/C15H21ClN2O2/c1-3-17-7-8-18(11(2)10-17)14(15(19)20)12-5-4-6-13(16)9-12/h4-6,9,11,14H,3,7-8,10H2,1-2H3,(H,19,20). The zero-order valence-corrected chi connectivity index (χ0v) is 12.7. The Hall–Kier alpha value is -1.10. The molecule has 110 valence electrons. The fourth-order valence-electron chi connectivity index (χ4n) is 2.87. The van der Waals surface area contributed by atoms with Gasteiger partial charge in [0.15, 0.2) is 0 Å². The molecule has 0 aliphatic carbocycles. The molecule has 0 spiro atoms. The van der Waals surface area contributed by atoms with E-state index >= 15 is 0 Å². The molecule has 1 saturated heterocycles. The second-order valence-corrected chi connectivity index (χ2v) is 5.71. The van der Waals surface area contributed by atoms with Crippen LogP contribution in [0.1, 0.15) is 25.5 Å². The minimum absolute atomic E-state index is 0.212. The van der Waals surface area contributed by atoms with Crippen molar-refractivity contribution in [1.82, 2.24) is 9.80 Å². The van der Waals surface area contributed by atoms with E-state index in [1.54, 1.807) is 18.2 Å². The van der Waals surface area contributed by atoms with E-state index in [1.807, 2.05) is 6.07 Å². The maximum atomic E-state index is 11.7. The van der Waals surface area contributed by atoms with Crippen LogP contribution >= 0.6 is 11.6 Å². The first kappa shape index (κ1) is 15.3. The Kier molecular flexibility index (Phi) is 5.02. The molecule has 0 saturated carbocycles. The topological polar surface area (TPSA) is 43.8 Å². The van der Waals surface area contributed by atoms with Crippen LogP contribution in [0, 0.1) is 0 Å². The lowest BCUT2D eigenvalue weighted by Gasteiger charge is -2.42. The van der Waals surface area contributed by atoms with E-state index < -0.39 is 12.0 Å². The van der Waals surface area contributed by atoms with Gasteiger partial charge < -0.3 is 10.0 Å². The second-order valence-electron chi connectivity index (χ2n) is 5.28. The summed E-state index contributed by atoms with van der Waals surface area (Å²) in [6.45, 7) is 7.80. The molecule has 0 radical (unpaired) electrons. The average molecular weight is 297 g/mol. The van der Waals surface area contributed by atoms with Crippen molar-refractivity contribution in [2.75, 3.05) is 26.2 Å². The van der Waals surface area contributed by atoms with E-state index in [-0.39, 0.29) is 6.04 Å². The molecule has 2 unspecified atom stereocenters. The lowest BCUT2D eigenvalue weighted by molar-refractivity contribution is -0.145. The van der Waals surface area contributed by atoms with Gasteiger partial charge in [-0.1, -0.05) is 30.7 Å². The van der Waals surface area contributed by atoms with Crippen LogP contribution in [0.2, 0.25) is 5.02 Å². The van der Waals surface area contributed by atoms with Crippen LogP contribution in [-0.4, -0.2) is 53.1 Å². The number of hydrogen-bond donors (Lipinski definition) is 1. The van der Waals surface area contributed by atoms with Gasteiger partial charge in [-0.3, -0.25) is 9.69 Å². The lowest BCUT2D eigenvalue weighted by atomic mass is 10.0. The highest BCUT2D eigenvalue weighted by atomic mass is 35.5. The van der Waals surface area contributed by atoms with Crippen LogP contribution in [-0.2, 0) is 4.79 Å². The third-order valence-corrected chi connectivity index (χ3v) is 4.18. The van der Waals surface area contributed by atoms with Crippen molar-refractivity contribution in [3.05, 3.63) is 34.9 Å². The molecule has 4 nitrogen and oxygen atoms in total. The number of rotatable bonds is 4. The van der Waals surface area contributed by atoms with Gasteiger partial charge in [-0.05, 0) is 31.2 Å². The zero-order valence-electron chi connectivity index (χ0n) is 11.9. The van der Waals surface area contributed by atoms with Gasteiger partial charge in [0.2, 0.25) is 0 Å². The number of carboxylic acid groups (broad SMARTS) is 1. The van der Waals surface area contributed by atoms with Crippen LogP contribution in [0.5, 0.6) is 0 Å². The second kappa shape index (κ2) is 6.57. The molecule has 0 bridgehead atoms. The van der Waals surface area contributed by atoms with Gasteiger partial charge in [0, 0.05) is 30.7 Å². The van der Waals surface area contributed by atoms with E-state index in [9.17, 15) is 9.90 Å². The summed E-state index contributed by atoms with van der Waals surface area (Å²) >= 11 is 5.99. The molecule has 2 atom stereocenters. The van der Waals surface area contributed by atoms with Crippen molar-refractivity contribution in [2.24, 2.45) is 0 Å².